The van der Waals surface area contributed by atoms with E-state index in [1.54, 1.807) is 79.1 Å². The Kier molecular flexibility index (Phi) is 21.1. The third-order valence-corrected chi connectivity index (χ3v) is 12.7. The van der Waals surface area contributed by atoms with Crippen molar-refractivity contribution >= 4 is 92.6 Å². The first-order chi connectivity index (χ1) is 36.3. The monoisotopic (exact) mass is 1080 g/mol. The number of hydrogen-bond donors (Lipinski definition) is 7. The molecule has 16 nitrogen and oxygen atoms in total. The van der Waals surface area contributed by atoms with Gasteiger partial charge in [0.05, 0.1) is 28.7 Å². The number of benzene rings is 4. The lowest BCUT2D eigenvalue weighted by Gasteiger charge is -2.27. The van der Waals surface area contributed by atoms with Crippen LogP contribution in [0.15, 0.2) is 143 Å². The normalized spacial score (nSPS) is 13.1. The number of amides is 3. The molecule has 2 aliphatic heterocycles. The van der Waals surface area contributed by atoms with Gasteiger partial charge in [-0.3, -0.25) is 14.4 Å². The topological polar surface area (TPSA) is 244 Å². The summed E-state index contributed by atoms with van der Waals surface area (Å²) in [5.74, 6) is 0.488. The van der Waals surface area contributed by atoms with Gasteiger partial charge in [0.25, 0.3) is 5.91 Å². The van der Waals surface area contributed by atoms with Gasteiger partial charge in [-0.15, -0.1) is 0 Å². The first kappa shape index (κ1) is 58.0. The Balaban J connectivity index is 0.000000221. The number of carboxylic acid groups (broad SMARTS) is 1. The van der Waals surface area contributed by atoms with Gasteiger partial charge in [-0.25, -0.2) is 14.8 Å². The first-order valence-corrected chi connectivity index (χ1v) is 25.0. The van der Waals surface area contributed by atoms with E-state index in [2.05, 4.69) is 31.2 Å². The minimum atomic E-state index is -0.980. The van der Waals surface area contributed by atoms with Gasteiger partial charge >= 0.3 is 5.97 Å². The molecule has 0 bridgehead atoms. The number of anilines is 2. The molecular weight excluding hydrogens is 1020 g/mol. The van der Waals surface area contributed by atoms with E-state index in [1.165, 1.54) is 44.5 Å². The number of carbonyl (C=O) groups excluding carboxylic acids is 3. The molecule has 0 spiro atoms. The number of pyridine rings is 2. The van der Waals surface area contributed by atoms with E-state index in [0.717, 1.165) is 57.2 Å². The van der Waals surface area contributed by atoms with Gasteiger partial charge in [0.2, 0.25) is 11.8 Å². The van der Waals surface area contributed by atoms with Crippen LogP contribution in [0.4, 0.5) is 11.6 Å². The molecule has 3 amide bonds. The quantitative estimate of drug-likeness (QED) is 0.0564. The third kappa shape index (κ3) is 16.4. The highest BCUT2D eigenvalue weighted by Gasteiger charge is 2.19. The van der Waals surface area contributed by atoms with E-state index in [4.69, 9.17) is 48.6 Å². The second-order valence-corrected chi connectivity index (χ2v) is 18.4. The van der Waals surface area contributed by atoms with E-state index < -0.39 is 5.97 Å². The van der Waals surface area contributed by atoms with Crippen molar-refractivity contribution in [1.82, 2.24) is 36.1 Å². The highest BCUT2D eigenvalue weighted by atomic mass is 35.5. The van der Waals surface area contributed by atoms with Crippen molar-refractivity contribution in [2.24, 2.45) is 0 Å². The molecule has 6 heterocycles. The molecular formula is C59H63Cl2N9O7. The number of halogens is 2. The molecule has 8 aromatic rings. The number of furan rings is 2. The lowest BCUT2D eigenvalue weighted by molar-refractivity contribution is -0.117. The highest BCUT2D eigenvalue weighted by Crippen LogP contribution is 2.35. The van der Waals surface area contributed by atoms with Crippen LogP contribution >= 0.6 is 23.2 Å². The molecule has 2 fully saturated rings. The Morgan fingerprint density at radius 2 is 1.03 bits per heavy atom. The second-order valence-electron chi connectivity index (χ2n) is 17.6. The summed E-state index contributed by atoms with van der Waals surface area (Å²) in [6, 6.07) is 32.1. The molecule has 0 atom stereocenters. The average molecular weight is 1080 g/mol. The largest absolute Gasteiger partial charge is 0.478 e. The summed E-state index contributed by atoms with van der Waals surface area (Å²) < 4.78 is 11.7. The number of aromatic carboxylic acids is 1. The fraction of sp³-hybridized carbons (Fsp3) is 0.220. The van der Waals surface area contributed by atoms with Crippen LogP contribution in [0.5, 0.6) is 0 Å². The number of carboxylic acids is 1. The number of aromatic nitrogens is 2. The van der Waals surface area contributed by atoms with Crippen LogP contribution in [-0.2, 0) is 22.7 Å². The van der Waals surface area contributed by atoms with Crippen LogP contribution in [-0.4, -0.2) is 82.9 Å². The summed E-state index contributed by atoms with van der Waals surface area (Å²) in [5.41, 5.74) is 18.1. The predicted molar refractivity (Wildman–Crippen MR) is 308 cm³/mol. The van der Waals surface area contributed by atoms with Crippen molar-refractivity contribution < 1.29 is 33.1 Å². The van der Waals surface area contributed by atoms with Crippen LogP contribution in [0.1, 0.15) is 77.5 Å². The van der Waals surface area contributed by atoms with Gasteiger partial charge < -0.3 is 51.6 Å². The summed E-state index contributed by atoms with van der Waals surface area (Å²) in [7, 11) is 0. The molecule has 0 unspecified atom stereocenters. The number of fused-ring (bicyclic) bond motifs is 2. The van der Waals surface area contributed by atoms with Crippen molar-refractivity contribution in [2.45, 2.75) is 47.2 Å². The third-order valence-electron chi connectivity index (χ3n) is 12.1. The Morgan fingerprint density at radius 3 is 1.42 bits per heavy atom. The summed E-state index contributed by atoms with van der Waals surface area (Å²) in [5, 5.41) is 23.7. The molecule has 77 heavy (non-hydrogen) atoms. The van der Waals surface area contributed by atoms with Crippen molar-refractivity contribution in [2.75, 3.05) is 50.7 Å². The Morgan fingerprint density at radius 1 is 0.584 bits per heavy atom. The van der Waals surface area contributed by atoms with Gasteiger partial charge in [0, 0.05) is 67.1 Å². The van der Waals surface area contributed by atoms with E-state index in [0.29, 0.717) is 63.0 Å². The lowest BCUT2D eigenvalue weighted by atomic mass is 10.0. The van der Waals surface area contributed by atoms with Crippen molar-refractivity contribution in [3.8, 4) is 22.3 Å². The SMILES string of the molecule is C.C.C1CCNCC1.Nc1ccc(/C=C/C(=O)NCc2cc3cc(-c4ccc(C(=O)N5CCNCC5)cc4)cc(Cl)c3o2)cn1.Nc1ccc(/C=C/C(=O)NCc2cc3cc(-c4ccc(C(=O)O)cc4)cc(Cl)c3o2)cn1. The minimum Gasteiger partial charge on any atom is -0.478 e. The fourth-order valence-electron chi connectivity index (χ4n) is 8.14. The average Bonchev–Trinajstić information content (AvgIpc) is 4.08. The van der Waals surface area contributed by atoms with Gasteiger partial charge in [-0.2, -0.15) is 0 Å². The maximum Gasteiger partial charge on any atom is 0.335 e. The molecule has 0 radical (unpaired) electrons. The van der Waals surface area contributed by atoms with Crippen LogP contribution in [0, 0.1) is 0 Å². The highest BCUT2D eigenvalue weighted by molar-refractivity contribution is 6.35. The number of nitrogen functional groups attached to an aromatic ring is 2. The molecule has 4 aromatic carbocycles. The zero-order valence-electron chi connectivity index (χ0n) is 40.8. The number of rotatable bonds is 12. The molecule has 0 aliphatic carbocycles. The number of piperidine rings is 1. The predicted octanol–water partition coefficient (Wildman–Crippen LogP) is 10.9. The Hall–Kier alpha value is -8.28. The number of carbonyl (C=O) groups is 4. The summed E-state index contributed by atoms with van der Waals surface area (Å²) >= 11 is 12.9. The number of hydrogen-bond acceptors (Lipinski definition) is 12. The van der Waals surface area contributed by atoms with Crippen molar-refractivity contribution in [3.63, 3.8) is 0 Å². The zero-order valence-corrected chi connectivity index (χ0v) is 42.3. The fourth-order valence-corrected chi connectivity index (χ4v) is 8.67. The molecule has 10 rings (SSSR count). The standard InChI is InChI=1S/C28H26ClN5O3.C24H18ClN3O4.C5H11N.2CH4/c29-24-15-21(19-3-5-20(6-4-19)28(36)34-11-9-31-10-12-34)13-22-14-23(37-27(22)24)17-33-26(35)8-2-18-1-7-25(30)32-16-18;25-20-11-17(15-3-5-16(6-4-15)24(30)31)9-18-10-19(32-23(18)20)13-28-22(29)8-2-14-1-7-21(26)27-12-14;1-2-4-6-5-3-1;;/h1-8,13-16,31H,9-12,17H2,(H2,30,32)(H,33,35);1-12H,13H2,(H2,26,27)(H,28,29)(H,30,31);6H,1-5H2;2*1H4/b2*8-2+;;;. The molecule has 2 saturated heterocycles. The lowest BCUT2D eigenvalue weighted by Crippen LogP contribution is -2.46. The van der Waals surface area contributed by atoms with Crippen LogP contribution in [0.2, 0.25) is 10.0 Å². The maximum atomic E-state index is 12.7. The number of nitrogens with one attached hydrogen (secondary N) is 4. The van der Waals surface area contributed by atoms with Crippen molar-refractivity contribution in [1.29, 1.82) is 0 Å². The zero-order chi connectivity index (χ0) is 52.7. The number of nitrogens with two attached hydrogens (primary N) is 2. The maximum absolute atomic E-state index is 12.7. The molecule has 2 aliphatic rings. The van der Waals surface area contributed by atoms with Gasteiger partial charge in [0.1, 0.15) is 23.2 Å². The summed E-state index contributed by atoms with van der Waals surface area (Å²) in [6.07, 6.45) is 13.5. The summed E-state index contributed by atoms with van der Waals surface area (Å²) in [4.78, 5) is 57.9. The Labute approximate surface area is 457 Å². The number of piperazine rings is 1. The van der Waals surface area contributed by atoms with Crippen molar-refractivity contribution in [3.05, 3.63) is 178 Å². The summed E-state index contributed by atoms with van der Waals surface area (Å²) in [6.45, 7) is 5.97. The van der Waals surface area contributed by atoms with Gasteiger partial charge in [0.15, 0.2) is 11.2 Å². The van der Waals surface area contributed by atoms with E-state index >= 15 is 0 Å². The van der Waals surface area contributed by atoms with Crippen LogP contribution < -0.4 is 32.7 Å². The van der Waals surface area contributed by atoms with E-state index in [1.807, 2.05) is 59.5 Å². The molecule has 18 heteroatoms. The van der Waals surface area contributed by atoms with Gasteiger partial charge in [-0.05, 0) is 156 Å². The Bertz CT molecular complexity index is 3320. The smallest absolute Gasteiger partial charge is 0.335 e. The molecule has 9 N–H and O–H groups in total. The molecule has 0 saturated carbocycles. The van der Waals surface area contributed by atoms with E-state index in [-0.39, 0.29) is 51.2 Å². The molecule has 400 valence electrons. The van der Waals surface area contributed by atoms with Gasteiger partial charge in [-0.1, -0.05) is 68.7 Å². The van der Waals surface area contributed by atoms with E-state index in [9.17, 15) is 19.2 Å². The first-order valence-electron chi connectivity index (χ1n) is 24.3. The number of nitrogens with zero attached hydrogens (tertiary/aromatic N) is 3. The van der Waals surface area contributed by atoms with Crippen LogP contribution in [0.25, 0.3) is 56.3 Å². The second kappa shape index (κ2) is 28.0. The minimum absolute atomic E-state index is 0. The van der Waals surface area contributed by atoms with Crippen LogP contribution in [0.3, 0.4) is 0 Å². The molecule has 4 aromatic heterocycles.